The molecule has 0 saturated carbocycles. The van der Waals surface area contributed by atoms with Crippen molar-refractivity contribution in [2.75, 3.05) is 6.61 Å². The molecule has 0 radical (unpaired) electrons. The van der Waals surface area contributed by atoms with Crippen LogP contribution in [-0.2, 0) is 17.6 Å². The van der Waals surface area contributed by atoms with Crippen molar-refractivity contribution in [2.24, 2.45) is 0 Å². The van der Waals surface area contributed by atoms with E-state index in [0.717, 1.165) is 43.4 Å². The maximum Gasteiger partial charge on any atom is 0.426 e. The van der Waals surface area contributed by atoms with E-state index >= 15 is 0 Å². The summed E-state index contributed by atoms with van der Waals surface area (Å²) in [7, 11) is 0. The van der Waals surface area contributed by atoms with E-state index < -0.39 is 12.0 Å². The number of amides is 2. The van der Waals surface area contributed by atoms with Crippen LogP contribution in [0.25, 0.3) is 5.69 Å². The van der Waals surface area contributed by atoms with E-state index in [-0.39, 0.29) is 18.1 Å². The molecule has 0 saturated heterocycles. The van der Waals surface area contributed by atoms with Gasteiger partial charge in [-0.25, -0.2) is 19.3 Å². The van der Waals surface area contributed by atoms with Crippen LogP contribution < -0.4 is 10.9 Å². The largest absolute Gasteiger partial charge is 0.449 e. The first-order chi connectivity index (χ1) is 12.6. The number of carbonyl (C=O) groups excluding carboxylic acids is 2. The molecule has 26 heavy (non-hydrogen) atoms. The summed E-state index contributed by atoms with van der Waals surface area (Å²) in [5.41, 5.74) is 7.32. The summed E-state index contributed by atoms with van der Waals surface area (Å²) in [4.78, 5) is 23.9. The molecule has 138 valence electrons. The Kier molecular flexibility index (Phi) is 5.50. The molecule has 1 aromatic heterocycles. The number of benzene rings is 1. The monoisotopic (exact) mass is 360 g/mol. The zero-order valence-electron chi connectivity index (χ0n) is 14.5. The summed E-state index contributed by atoms with van der Waals surface area (Å²) >= 11 is 0. The average Bonchev–Trinajstić information content (AvgIpc) is 2.82. The second-order valence-electron chi connectivity index (χ2n) is 6.02. The van der Waals surface area contributed by atoms with Gasteiger partial charge in [-0.05, 0) is 56.9 Å². The quantitative estimate of drug-likeness (QED) is 0.651. The molecule has 8 heteroatoms. The Morgan fingerprint density at radius 3 is 2.62 bits per heavy atom. The summed E-state index contributed by atoms with van der Waals surface area (Å²) in [5.74, 6) is -0.833. The van der Waals surface area contributed by atoms with Crippen molar-refractivity contribution in [3.05, 3.63) is 47.0 Å². The summed E-state index contributed by atoms with van der Waals surface area (Å²) in [5, 5.41) is 4.45. The summed E-state index contributed by atoms with van der Waals surface area (Å²) in [6.45, 7) is 1.88. The van der Waals surface area contributed by atoms with Gasteiger partial charge in [0.25, 0.3) is 5.91 Å². The minimum atomic E-state index is -0.732. The highest BCUT2D eigenvalue weighted by Crippen LogP contribution is 2.26. The third kappa shape index (κ3) is 3.84. The normalized spacial score (nSPS) is 13.5. The fraction of sp³-hybridized carbons (Fsp3) is 0.389. The fourth-order valence-electron chi connectivity index (χ4n) is 3.09. The fourth-order valence-corrected chi connectivity index (χ4v) is 3.09. The molecule has 1 aromatic carbocycles. The number of hydrogen-bond acceptors (Lipinski definition) is 4. The number of ether oxygens (including phenoxy) is 1. The lowest BCUT2D eigenvalue weighted by molar-refractivity contribution is 0.0906. The van der Waals surface area contributed by atoms with Crippen LogP contribution in [0.1, 0.15) is 47.9 Å². The number of nitrogens with zero attached hydrogens (tertiary/aromatic N) is 2. The molecule has 0 atom stereocenters. The molecule has 2 N–H and O–H groups in total. The van der Waals surface area contributed by atoms with Crippen molar-refractivity contribution in [1.82, 2.24) is 20.6 Å². The van der Waals surface area contributed by atoms with Gasteiger partial charge in [0.1, 0.15) is 5.82 Å². The van der Waals surface area contributed by atoms with Crippen molar-refractivity contribution in [3.8, 4) is 5.69 Å². The highest BCUT2D eigenvalue weighted by Gasteiger charge is 2.25. The first-order valence-corrected chi connectivity index (χ1v) is 8.70. The average molecular weight is 360 g/mol. The molecule has 7 nitrogen and oxygen atoms in total. The molecule has 2 amide bonds. The zero-order valence-corrected chi connectivity index (χ0v) is 14.5. The highest BCUT2D eigenvalue weighted by molar-refractivity contribution is 5.94. The second kappa shape index (κ2) is 7.99. The number of aromatic nitrogens is 2. The predicted molar refractivity (Wildman–Crippen MR) is 92.4 cm³/mol. The molecule has 2 aromatic rings. The standard InChI is InChI=1S/C18H21FN4O3/c1-2-26-18(25)21-20-17(24)16-14-6-4-3-5-7-15(14)23(22-16)13-10-8-12(19)9-11-13/h8-11H,2-7H2,1H3,(H,20,24)(H,21,25). The molecule has 1 aliphatic rings. The Bertz CT molecular complexity index is 802. The molecule has 3 rings (SSSR count). The molecular formula is C18H21FN4O3. The Hall–Kier alpha value is -2.90. The Balaban J connectivity index is 1.91. The van der Waals surface area contributed by atoms with Crippen LogP contribution in [0.3, 0.4) is 0 Å². The highest BCUT2D eigenvalue weighted by atomic mass is 19.1. The van der Waals surface area contributed by atoms with E-state index in [1.807, 2.05) is 0 Å². The van der Waals surface area contributed by atoms with E-state index in [9.17, 15) is 14.0 Å². The van der Waals surface area contributed by atoms with Crippen molar-refractivity contribution < 1.29 is 18.7 Å². The molecule has 0 bridgehead atoms. The van der Waals surface area contributed by atoms with Gasteiger partial charge < -0.3 is 4.74 Å². The van der Waals surface area contributed by atoms with Gasteiger partial charge in [0.15, 0.2) is 5.69 Å². The number of fused-ring (bicyclic) bond motifs is 1. The Morgan fingerprint density at radius 2 is 1.88 bits per heavy atom. The molecule has 1 aliphatic carbocycles. The molecule has 0 aliphatic heterocycles. The number of halogens is 1. The van der Waals surface area contributed by atoms with Crippen LogP contribution >= 0.6 is 0 Å². The number of rotatable bonds is 3. The third-order valence-electron chi connectivity index (χ3n) is 4.27. The van der Waals surface area contributed by atoms with Crippen molar-refractivity contribution in [1.29, 1.82) is 0 Å². The first-order valence-electron chi connectivity index (χ1n) is 8.70. The van der Waals surface area contributed by atoms with Crippen LogP contribution in [0.5, 0.6) is 0 Å². The van der Waals surface area contributed by atoms with Gasteiger partial charge in [-0.1, -0.05) is 6.42 Å². The molecule has 1 heterocycles. The van der Waals surface area contributed by atoms with Gasteiger partial charge in [0.05, 0.1) is 12.3 Å². The van der Waals surface area contributed by atoms with Crippen LogP contribution in [0.2, 0.25) is 0 Å². The maximum absolute atomic E-state index is 13.2. The lowest BCUT2D eigenvalue weighted by Crippen LogP contribution is -2.42. The molecular weight excluding hydrogens is 339 g/mol. The first kappa shape index (κ1) is 17.9. The maximum atomic E-state index is 13.2. The van der Waals surface area contributed by atoms with Gasteiger partial charge in [-0.2, -0.15) is 5.10 Å². The summed E-state index contributed by atoms with van der Waals surface area (Å²) in [6.07, 6.45) is 3.83. The van der Waals surface area contributed by atoms with E-state index in [1.165, 1.54) is 12.1 Å². The predicted octanol–water partition coefficient (Wildman–Crippen LogP) is 2.67. The Morgan fingerprint density at radius 1 is 1.15 bits per heavy atom. The van der Waals surface area contributed by atoms with Crippen molar-refractivity contribution in [3.63, 3.8) is 0 Å². The number of nitrogens with one attached hydrogen (secondary N) is 2. The zero-order chi connectivity index (χ0) is 18.5. The summed E-state index contributed by atoms with van der Waals surface area (Å²) < 4.78 is 19.6. The van der Waals surface area contributed by atoms with E-state index in [0.29, 0.717) is 5.69 Å². The number of hydrogen-bond donors (Lipinski definition) is 2. The molecule has 0 unspecified atom stereocenters. The second-order valence-corrected chi connectivity index (χ2v) is 6.02. The smallest absolute Gasteiger partial charge is 0.426 e. The Labute approximate surface area is 150 Å². The minimum absolute atomic E-state index is 0.205. The van der Waals surface area contributed by atoms with E-state index in [2.05, 4.69) is 16.0 Å². The molecule has 0 spiro atoms. The van der Waals surface area contributed by atoms with Crippen molar-refractivity contribution in [2.45, 2.75) is 39.0 Å². The SMILES string of the molecule is CCOC(=O)NNC(=O)c1nn(-c2ccc(F)cc2)c2c1CCCCC2. The van der Waals surface area contributed by atoms with E-state index in [4.69, 9.17) is 4.74 Å². The van der Waals surface area contributed by atoms with E-state index in [1.54, 1.807) is 23.7 Å². The topological polar surface area (TPSA) is 85.2 Å². The number of hydrazine groups is 1. The molecule has 0 fully saturated rings. The van der Waals surface area contributed by atoms with Crippen LogP contribution in [-0.4, -0.2) is 28.4 Å². The lowest BCUT2D eigenvalue weighted by atomic mass is 10.1. The number of carbonyl (C=O) groups is 2. The van der Waals surface area contributed by atoms with Crippen LogP contribution in [0.4, 0.5) is 9.18 Å². The van der Waals surface area contributed by atoms with Gasteiger partial charge in [-0.15, -0.1) is 0 Å². The van der Waals surface area contributed by atoms with Crippen LogP contribution in [0, 0.1) is 5.82 Å². The van der Waals surface area contributed by atoms with Gasteiger partial charge >= 0.3 is 6.09 Å². The lowest BCUT2D eigenvalue weighted by Gasteiger charge is -2.07. The van der Waals surface area contributed by atoms with Crippen molar-refractivity contribution >= 4 is 12.0 Å². The van der Waals surface area contributed by atoms with Gasteiger partial charge in [0.2, 0.25) is 0 Å². The third-order valence-corrected chi connectivity index (χ3v) is 4.27. The van der Waals surface area contributed by atoms with Crippen LogP contribution in [0.15, 0.2) is 24.3 Å². The summed E-state index contributed by atoms with van der Waals surface area (Å²) in [6, 6.07) is 5.99. The van der Waals surface area contributed by atoms with Gasteiger partial charge in [0, 0.05) is 11.3 Å². The minimum Gasteiger partial charge on any atom is -0.449 e. The van der Waals surface area contributed by atoms with Gasteiger partial charge in [-0.3, -0.25) is 10.2 Å².